The maximum Gasteiger partial charge on any atom is 0.329 e. The van der Waals surface area contributed by atoms with Gasteiger partial charge in [0.15, 0.2) is 0 Å². The van der Waals surface area contributed by atoms with Crippen LogP contribution in [0.4, 0.5) is 11.5 Å². The summed E-state index contributed by atoms with van der Waals surface area (Å²) in [6.45, 7) is 4.65. The van der Waals surface area contributed by atoms with Gasteiger partial charge in [-0.3, -0.25) is 14.3 Å². The van der Waals surface area contributed by atoms with Gasteiger partial charge in [-0.1, -0.05) is 0 Å². The summed E-state index contributed by atoms with van der Waals surface area (Å²) in [7, 11) is 3.22. The summed E-state index contributed by atoms with van der Waals surface area (Å²) in [6, 6.07) is 0. The Morgan fingerprint density at radius 2 is 1.70 bits per heavy atom. The summed E-state index contributed by atoms with van der Waals surface area (Å²) in [6.07, 6.45) is -2.10. The Morgan fingerprint density at radius 1 is 1.11 bits per heavy atom. The van der Waals surface area contributed by atoms with Crippen molar-refractivity contribution >= 4 is 11.5 Å². The second-order valence-corrected chi connectivity index (χ2v) is 8.13. The number of hydrogen-bond donors (Lipinski definition) is 5. The van der Waals surface area contributed by atoms with E-state index < -0.39 is 34.7 Å². The first-order valence-electron chi connectivity index (χ1n) is 8.86. The van der Waals surface area contributed by atoms with E-state index in [1.165, 1.54) is 32.4 Å². The number of aliphatic hydroxyl groups is 4. The predicted octanol–water partition coefficient (Wildman–Crippen LogP) is -1.69. The van der Waals surface area contributed by atoms with Gasteiger partial charge in [0.05, 0.1) is 30.1 Å². The van der Waals surface area contributed by atoms with E-state index in [0.717, 1.165) is 0 Å². The third-order valence-corrected chi connectivity index (χ3v) is 5.18. The number of aromatic amines is 1. The van der Waals surface area contributed by atoms with Crippen molar-refractivity contribution in [2.24, 2.45) is 7.05 Å². The molecular formula is C17H30N4O6. The van der Waals surface area contributed by atoms with Crippen molar-refractivity contribution in [3.05, 3.63) is 20.8 Å². The minimum atomic E-state index is -1.53. The molecule has 27 heavy (non-hydrogen) atoms. The minimum absolute atomic E-state index is 0.0142. The van der Waals surface area contributed by atoms with Gasteiger partial charge in [-0.05, 0) is 33.6 Å². The molecule has 3 atom stereocenters. The normalized spacial score (nSPS) is 19.0. The largest absolute Gasteiger partial charge is 0.390 e. The third kappa shape index (κ3) is 4.34. The Labute approximate surface area is 157 Å². The highest BCUT2D eigenvalue weighted by molar-refractivity contribution is 5.71. The van der Waals surface area contributed by atoms with Crippen molar-refractivity contribution in [2.75, 3.05) is 30.1 Å². The highest BCUT2D eigenvalue weighted by atomic mass is 16.3. The Kier molecular flexibility index (Phi) is 5.77. The van der Waals surface area contributed by atoms with Crippen LogP contribution >= 0.6 is 0 Å². The van der Waals surface area contributed by atoms with Gasteiger partial charge in [-0.15, -0.1) is 0 Å². The van der Waals surface area contributed by atoms with Crippen LogP contribution < -0.4 is 21.0 Å². The average molecular weight is 386 g/mol. The van der Waals surface area contributed by atoms with Crippen LogP contribution in [0.25, 0.3) is 0 Å². The molecule has 2 heterocycles. The fraction of sp³-hybridized carbons (Fsp3) is 0.765. The number of hydrogen-bond acceptors (Lipinski definition) is 8. The minimum Gasteiger partial charge on any atom is -0.390 e. The molecule has 0 saturated heterocycles. The van der Waals surface area contributed by atoms with Gasteiger partial charge in [-0.2, -0.15) is 0 Å². The van der Waals surface area contributed by atoms with Crippen LogP contribution in [0.5, 0.6) is 0 Å². The lowest BCUT2D eigenvalue weighted by molar-refractivity contribution is -0.0904. The Morgan fingerprint density at radius 3 is 2.26 bits per heavy atom. The van der Waals surface area contributed by atoms with Crippen LogP contribution in [0.2, 0.25) is 0 Å². The molecule has 0 aliphatic carbocycles. The molecule has 10 heteroatoms. The molecule has 3 unspecified atom stereocenters. The first-order chi connectivity index (χ1) is 12.3. The fourth-order valence-electron chi connectivity index (χ4n) is 3.19. The number of aliphatic hydroxyl groups excluding tert-OH is 2. The second kappa shape index (κ2) is 7.27. The first-order valence-corrected chi connectivity index (χ1v) is 8.86. The number of fused-ring (bicyclic) bond motifs is 1. The smallest absolute Gasteiger partial charge is 0.329 e. The molecule has 0 radical (unpaired) electrons. The van der Waals surface area contributed by atoms with E-state index in [1.54, 1.807) is 16.8 Å². The van der Waals surface area contributed by atoms with E-state index in [4.69, 9.17) is 0 Å². The zero-order chi connectivity index (χ0) is 20.7. The van der Waals surface area contributed by atoms with Gasteiger partial charge in [0.1, 0.15) is 11.5 Å². The summed E-state index contributed by atoms with van der Waals surface area (Å²) in [5.74, 6) is 0.373. The molecule has 0 bridgehead atoms. The number of H-pyrrole nitrogens is 1. The van der Waals surface area contributed by atoms with Gasteiger partial charge in [-0.25, -0.2) is 4.79 Å². The van der Waals surface area contributed by atoms with Gasteiger partial charge < -0.3 is 30.2 Å². The Hall–Kier alpha value is -1.88. The van der Waals surface area contributed by atoms with Gasteiger partial charge in [0.2, 0.25) is 0 Å². The Bertz CT molecular complexity index is 794. The van der Waals surface area contributed by atoms with Gasteiger partial charge in [0, 0.05) is 20.6 Å². The van der Waals surface area contributed by atoms with E-state index in [9.17, 15) is 30.0 Å². The lowest BCUT2D eigenvalue weighted by Crippen LogP contribution is -2.49. The van der Waals surface area contributed by atoms with E-state index >= 15 is 0 Å². The maximum absolute atomic E-state index is 12.1. The van der Waals surface area contributed by atoms with Crippen molar-refractivity contribution in [2.45, 2.75) is 57.0 Å². The van der Waals surface area contributed by atoms with Crippen LogP contribution in [0.1, 0.15) is 33.6 Å². The molecule has 0 amide bonds. The fourth-order valence-corrected chi connectivity index (χ4v) is 3.19. The number of β-amino-alcohol motifs (C(OH)–C–C–N with tert-alkyl or cyclic N) is 1. The summed E-state index contributed by atoms with van der Waals surface area (Å²) in [5, 5.41) is 40.9. The maximum atomic E-state index is 12.1. The van der Waals surface area contributed by atoms with Crippen molar-refractivity contribution < 1.29 is 20.4 Å². The van der Waals surface area contributed by atoms with Crippen LogP contribution in [-0.4, -0.2) is 73.6 Å². The molecule has 1 aromatic rings. The molecule has 1 aliphatic rings. The molecule has 0 spiro atoms. The molecule has 0 aromatic carbocycles. The highest BCUT2D eigenvalue weighted by Crippen LogP contribution is 2.31. The molecule has 1 aromatic heterocycles. The average Bonchev–Trinajstić information content (AvgIpc) is 2.86. The Balaban J connectivity index is 2.17. The zero-order valence-electron chi connectivity index (χ0n) is 16.4. The lowest BCUT2D eigenvalue weighted by Gasteiger charge is -2.34. The molecular weight excluding hydrogens is 356 g/mol. The molecule has 0 fully saturated rings. The summed E-state index contributed by atoms with van der Waals surface area (Å²) >= 11 is 0. The molecule has 5 N–H and O–H groups in total. The number of nitrogens with one attached hydrogen (secondary N) is 1. The van der Waals surface area contributed by atoms with Crippen molar-refractivity contribution in [1.82, 2.24) is 9.55 Å². The van der Waals surface area contributed by atoms with Gasteiger partial charge in [0.25, 0.3) is 5.56 Å². The molecule has 2 rings (SSSR count). The van der Waals surface area contributed by atoms with Crippen LogP contribution in [-0.2, 0) is 7.05 Å². The standard InChI is InChI=1S/C17H30N4O6/c1-16(2,26)10(22)6-7-17(3,27)11(23)8-21-9-19(4)12-13(24)18-15(25)20(5)14(12)21/h10-11,22-23,26-27H,6-9H2,1-5H3,(H,18,24,25). The van der Waals surface area contributed by atoms with E-state index in [0.29, 0.717) is 11.5 Å². The third-order valence-electron chi connectivity index (χ3n) is 5.18. The van der Waals surface area contributed by atoms with Crippen LogP contribution in [0.3, 0.4) is 0 Å². The van der Waals surface area contributed by atoms with Crippen molar-refractivity contribution in [1.29, 1.82) is 0 Å². The molecule has 0 saturated carbocycles. The molecule has 154 valence electrons. The lowest BCUT2D eigenvalue weighted by atomic mass is 9.88. The van der Waals surface area contributed by atoms with Crippen LogP contribution in [0, 0.1) is 0 Å². The molecule has 1 aliphatic heterocycles. The quantitative estimate of drug-likeness (QED) is 0.374. The summed E-state index contributed by atoms with van der Waals surface area (Å²) < 4.78 is 1.29. The topological polar surface area (TPSA) is 142 Å². The van der Waals surface area contributed by atoms with E-state index in [1.807, 2.05) is 0 Å². The summed E-state index contributed by atoms with van der Waals surface area (Å²) in [5.41, 5.74) is -3.59. The SMILES string of the molecule is CN1CN(CC(O)C(C)(O)CCC(O)C(C)(C)O)c2c1c(=O)[nH]c(=O)n2C. The van der Waals surface area contributed by atoms with E-state index in [2.05, 4.69) is 4.98 Å². The second-order valence-electron chi connectivity index (χ2n) is 8.13. The van der Waals surface area contributed by atoms with Crippen molar-refractivity contribution in [3.63, 3.8) is 0 Å². The summed E-state index contributed by atoms with van der Waals surface area (Å²) in [4.78, 5) is 29.5. The zero-order valence-corrected chi connectivity index (χ0v) is 16.4. The number of nitrogens with zero attached hydrogens (tertiary/aromatic N) is 3. The number of anilines is 2. The molecule has 10 nitrogen and oxygen atoms in total. The van der Waals surface area contributed by atoms with Gasteiger partial charge >= 0.3 is 5.69 Å². The number of rotatable bonds is 7. The van der Waals surface area contributed by atoms with E-state index in [-0.39, 0.29) is 26.1 Å². The highest BCUT2D eigenvalue weighted by Gasteiger charge is 2.37. The monoisotopic (exact) mass is 386 g/mol. The first kappa shape index (κ1) is 21.4. The van der Waals surface area contributed by atoms with Crippen molar-refractivity contribution in [3.8, 4) is 0 Å². The predicted molar refractivity (Wildman–Crippen MR) is 101 cm³/mol. The van der Waals surface area contributed by atoms with Crippen LogP contribution in [0.15, 0.2) is 9.59 Å². The number of aromatic nitrogens is 2.